The number of aromatic nitrogens is 2. The lowest BCUT2D eigenvalue weighted by molar-refractivity contribution is 0.993. The highest BCUT2D eigenvalue weighted by atomic mass is 127. The van der Waals surface area contributed by atoms with Crippen molar-refractivity contribution < 1.29 is 0 Å². The predicted molar refractivity (Wildman–Crippen MR) is 63.2 cm³/mol. The van der Waals surface area contributed by atoms with E-state index < -0.39 is 0 Å². The van der Waals surface area contributed by atoms with Crippen molar-refractivity contribution in [2.45, 2.75) is 5.03 Å². The van der Waals surface area contributed by atoms with Gasteiger partial charge in [0.25, 0.3) is 5.56 Å². The largest absolute Gasteiger partial charge is 0.296 e. The van der Waals surface area contributed by atoms with E-state index in [9.17, 15) is 4.79 Å². The van der Waals surface area contributed by atoms with E-state index in [1.54, 1.807) is 0 Å². The Morgan fingerprint density at radius 2 is 2.42 bits per heavy atom. The van der Waals surface area contributed by atoms with Crippen LogP contribution >= 0.6 is 53.3 Å². The average molecular weight is 332 g/mol. The number of aromatic amines is 1. The monoisotopic (exact) mass is 332 g/mol. The molecule has 7 heteroatoms. The molecule has 12 heavy (non-hydrogen) atoms. The van der Waals surface area contributed by atoms with Crippen molar-refractivity contribution in [3.8, 4) is 0 Å². The van der Waals surface area contributed by atoms with Crippen LogP contribution in [0, 0.1) is 3.57 Å². The second kappa shape index (κ2) is 3.36. The number of hydrogen-bond donors (Lipinski definition) is 1. The summed E-state index contributed by atoms with van der Waals surface area (Å²) in [7, 11) is 2.63. The van der Waals surface area contributed by atoms with Crippen molar-refractivity contribution >= 4 is 55.9 Å². The molecule has 0 aromatic carbocycles. The number of rotatable bonds is 0. The van der Waals surface area contributed by atoms with Crippen LogP contribution in [0.3, 0.4) is 0 Å². The van der Waals surface area contributed by atoms with Crippen molar-refractivity contribution in [2.75, 3.05) is 0 Å². The number of thioether (sulfide) groups is 1. The van der Waals surface area contributed by atoms with Crippen LogP contribution in [0.5, 0.6) is 0 Å². The zero-order valence-corrected chi connectivity index (χ0v) is 10.5. The first-order valence-electron chi connectivity index (χ1n) is 2.92. The first kappa shape index (κ1) is 9.12. The highest BCUT2D eigenvalue weighted by Gasteiger charge is 2.17. The maximum atomic E-state index is 11.3. The molecule has 1 aromatic rings. The number of nitrogens with one attached hydrogen (secondary N) is 1. The molecule has 1 aliphatic rings. The van der Waals surface area contributed by atoms with E-state index in [0.29, 0.717) is 0 Å². The first-order chi connectivity index (χ1) is 5.66. The predicted octanol–water partition coefficient (Wildman–Crippen LogP) is 1.63. The minimum absolute atomic E-state index is 0.0808. The zero-order valence-electron chi connectivity index (χ0n) is 5.60. The van der Waals surface area contributed by atoms with Gasteiger partial charge in [-0.15, -0.1) is 0 Å². The zero-order chi connectivity index (χ0) is 8.72. The Morgan fingerprint density at radius 3 is 3.17 bits per heavy atom. The summed E-state index contributed by atoms with van der Waals surface area (Å²) in [5, 5.41) is 0.955. The molecule has 0 bridgehead atoms. The van der Waals surface area contributed by atoms with E-state index in [2.05, 4.69) is 19.2 Å². The van der Waals surface area contributed by atoms with E-state index in [-0.39, 0.29) is 31.6 Å². The Kier molecular flexibility index (Phi) is 2.56. The molecule has 0 saturated carbocycles. The molecule has 1 N–H and O–H groups in total. The average Bonchev–Trinajstić information content (AvgIpc) is 2.29. The maximum absolute atomic E-state index is 11.3. The van der Waals surface area contributed by atoms with Crippen molar-refractivity contribution in [3.63, 3.8) is 0 Å². The second-order valence-electron chi connectivity index (χ2n) is 1.98. The number of hydrogen-bond acceptors (Lipinski definition) is 3. The second-order valence-corrected chi connectivity index (χ2v) is 9.05. The van der Waals surface area contributed by atoms with Crippen LogP contribution in [0.1, 0.15) is 0 Å². The van der Waals surface area contributed by atoms with E-state index in [1.807, 2.05) is 0 Å². The van der Waals surface area contributed by atoms with Gasteiger partial charge in [0.05, 0.1) is 0 Å². The van der Waals surface area contributed by atoms with Crippen LogP contribution in [-0.2, 0) is 0 Å². The van der Waals surface area contributed by atoms with Gasteiger partial charge in [0, 0.05) is 2.58 Å². The molecule has 3 nitrogen and oxygen atoms in total. The van der Waals surface area contributed by atoms with Crippen molar-refractivity contribution in [1.29, 1.82) is 0 Å². The van der Waals surface area contributed by atoms with Gasteiger partial charge in [-0.3, -0.25) is 9.78 Å². The van der Waals surface area contributed by atoms with Crippen LogP contribution in [0.15, 0.2) is 9.82 Å². The SMILES string of the molecule is O=c1[nH]c(Cl)nc2c1I=C(P)S2. The van der Waals surface area contributed by atoms with E-state index in [1.165, 1.54) is 14.3 Å². The van der Waals surface area contributed by atoms with Crippen molar-refractivity contribution in [3.05, 3.63) is 19.2 Å². The third-order valence-electron chi connectivity index (χ3n) is 1.19. The molecule has 64 valence electrons. The summed E-state index contributed by atoms with van der Waals surface area (Å²) in [4.78, 5) is 17.8. The Morgan fingerprint density at radius 1 is 1.67 bits per heavy atom. The third kappa shape index (κ3) is 1.60. The van der Waals surface area contributed by atoms with Gasteiger partial charge in [0.2, 0.25) is 5.28 Å². The maximum Gasteiger partial charge on any atom is 0.266 e. The molecular formula is C5H3ClIN2OPS. The summed E-state index contributed by atoms with van der Waals surface area (Å²) in [6.07, 6.45) is 0. The number of fused-ring (bicyclic) bond motifs is 1. The quantitative estimate of drug-likeness (QED) is 0.340. The molecule has 1 aromatic heterocycles. The molecule has 1 atom stereocenters. The first-order valence-corrected chi connectivity index (χ1v) is 6.84. The fourth-order valence-electron chi connectivity index (χ4n) is 0.768. The molecule has 2 heterocycles. The molecule has 0 fully saturated rings. The Labute approximate surface area is 89.6 Å². The smallest absolute Gasteiger partial charge is 0.266 e. The highest BCUT2D eigenvalue weighted by molar-refractivity contribution is 14.2. The highest BCUT2D eigenvalue weighted by Crippen LogP contribution is 2.37. The van der Waals surface area contributed by atoms with E-state index >= 15 is 0 Å². The lowest BCUT2D eigenvalue weighted by Gasteiger charge is -1.94. The fraction of sp³-hybridized carbons (Fsp3) is 0. The number of nitrogens with zero attached hydrogens (tertiary/aromatic N) is 1. The molecule has 0 saturated heterocycles. The van der Waals surface area contributed by atoms with Gasteiger partial charge in [-0.25, -0.2) is 4.98 Å². The summed E-state index contributed by atoms with van der Waals surface area (Å²) in [5.41, 5.74) is -0.0808. The van der Waals surface area contributed by atoms with E-state index in [0.717, 1.165) is 8.60 Å². The van der Waals surface area contributed by atoms with Crippen LogP contribution in [0.4, 0.5) is 0 Å². The molecule has 1 aliphatic heterocycles. The van der Waals surface area contributed by atoms with Gasteiger partial charge >= 0.3 is 0 Å². The molecule has 2 rings (SSSR count). The van der Waals surface area contributed by atoms with Crippen LogP contribution in [0.2, 0.25) is 5.28 Å². The van der Waals surface area contributed by atoms with Crippen LogP contribution in [-0.4, -0.2) is 12.5 Å². The molecule has 0 radical (unpaired) electrons. The van der Waals surface area contributed by atoms with Gasteiger partial charge in [-0.2, -0.15) is 0 Å². The molecule has 0 spiro atoms. The summed E-state index contributed by atoms with van der Waals surface area (Å²) in [5.74, 6) is 0. The summed E-state index contributed by atoms with van der Waals surface area (Å²) < 4.78 is 2.04. The van der Waals surface area contributed by atoms with Gasteiger partial charge < -0.3 is 0 Å². The standard InChI is InChI=1S/C5H3ClIN2OPS/c6-4-8-2(10)1-3(9-4)12-5(11)7-1/h11H2,(H,8,9,10). The fourth-order valence-corrected chi connectivity index (χ4v) is 5.92. The van der Waals surface area contributed by atoms with Gasteiger partial charge in [0.1, 0.15) is 8.60 Å². The van der Waals surface area contributed by atoms with Gasteiger partial charge in [0.15, 0.2) is 0 Å². The summed E-state index contributed by atoms with van der Waals surface area (Å²) >= 11 is 6.83. The Balaban J connectivity index is 2.70. The molecule has 0 aliphatic carbocycles. The molecular weight excluding hydrogens is 329 g/mol. The normalized spacial score (nSPS) is 15.0. The van der Waals surface area contributed by atoms with Crippen molar-refractivity contribution in [2.24, 2.45) is 0 Å². The lowest BCUT2D eigenvalue weighted by atomic mass is 10.7. The van der Waals surface area contributed by atoms with E-state index in [4.69, 9.17) is 11.6 Å². The van der Waals surface area contributed by atoms with Gasteiger partial charge in [-0.1, -0.05) is 41.7 Å². The van der Waals surface area contributed by atoms with Crippen molar-refractivity contribution in [1.82, 2.24) is 9.97 Å². The Bertz CT molecular complexity index is 432. The molecule has 0 amide bonds. The third-order valence-corrected chi connectivity index (χ3v) is 6.75. The minimum Gasteiger partial charge on any atom is -0.296 e. The minimum atomic E-state index is -0.297. The number of H-pyrrole nitrogens is 1. The summed E-state index contributed by atoms with van der Waals surface area (Å²) in [6.45, 7) is 0. The Hall–Kier alpha value is 0.550. The lowest BCUT2D eigenvalue weighted by Crippen LogP contribution is -2.11. The number of halogens is 2. The van der Waals surface area contributed by atoms with Gasteiger partial charge in [-0.05, 0) is 11.6 Å². The molecule has 1 unspecified atom stereocenters. The summed E-state index contributed by atoms with van der Waals surface area (Å²) in [6, 6.07) is 0. The van der Waals surface area contributed by atoms with Crippen LogP contribution in [0.25, 0.3) is 0 Å². The topological polar surface area (TPSA) is 45.8 Å². The van der Waals surface area contributed by atoms with Crippen LogP contribution < -0.4 is 5.56 Å².